The van der Waals surface area contributed by atoms with Crippen molar-refractivity contribution in [3.8, 4) is 5.75 Å². The molecular weight excluding hydrogens is 428 g/mol. The molecule has 0 bridgehead atoms. The van der Waals surface area contributed by atoms with Crippen LogP contribution in [-0.2, 0) is 9.59 Å². The number of aliphatic hydroxyl groups is 1. The number of aliphatic hydroxyl groups excluding tert-OH is 1. The third-order valence-corrected chi connectivity index (χ3v) is 5.75. The van der Waals surface area contributed by atoms with E-state index in [9.17, 15) is 14.7 Å². The fourth-order valence-electron chi connectivity index (χ4n) is 4.06. The number of anilines is 1. The topological polar surface area (TPSA) is 79.7 Å². The Morgan fingerprint density at radius 3 is 2.18 bits per heavy atom. The van der Waals surface area contributed by atoms with Crippen LogP contribution in [0.5, 0.6) is 5.75 Å². The van der Waals surface area contributed by atoms with E-state index in [4.69, 9.17) is 4.74 Å². The molecule has 0 aliphatic carbocycles. The number of carbonyl (C=O) groups is 2. The Bertz CT molecular complexity index is 1210. The second kappa shape index (κ2) is 9.51. The molecule has 1 amide bonds. The molecule has 2 heterocycles. The molecule has 1 unspecified atom stereocenters. The first kappa shape index (κ1) is 23.2. The molecule has 6 heteroatoms. The van der Waals surface area contributed by atoms with Crippen molar-refractivity contribution < 1.29 is 19.4 Å². The lowest BCUT2D eigenvalue weighted by atomic mass is 9.98. The zero-order valence-corrected chi connectivity index (χ0v) is 19.7. The predicted octanol–water partition coefficient (Wildman–Crippen LogP) is 5.62. The van der Waals surface area contributed by atoms with E-state index in [1.807, 2.05) is 38.1 Å². The molecule has 6 nitrogen and oxygen atoms in total. The molecular formula is C28H28N2O4. The second-order valence-electron chi connectivity index (χ2n) is 8.86. The molecule has 1 aliphatic rings. The van der Waals surface area contributed by atoms with Crippen LogP contribution in [0.4, 0.5) is 5.69 Å². The minimum atomic E-state index is -0.849. The quantitative estimate of drug-likeness (QED) is 0.296. The van der Waals surface area contributed by atoms with Gasteiger partial charge in [0.15, 0.2) is 0 Å². The van der Waals surface area contributed by atoms with E-state index in [2.05, 4.69) is 18.8 Å². The van der Waals surface area contributed by atoms with Crippen LogP contribution in [-0.4, -0.2) is 27.9 Å². The number of aromatic nitrogens is 1. The number of ether oxygens (including phenoxy) is 1. The van der Waals surface area contributed by atoms with Gasteiger partial charge in [0.25, 0.3) is 11.7 Å². The smallest absolute Gasteiger partial charge is 0.300 e. The Morgan fingerprint density at radius 2 is 1.62 bits per heavy atom. The Morgan fingerprint density at radius 1 is 0.941 bits per heavy atom. The van der Waals surface area contributed by atoms with Gasteiger partial charge in [-0.1, -0.05) is 32.0 Å². The summed E-state index contributed by atoms with van der Waals surface area (Å²) in [5.41, 5.74) is 2.62. The van der Waals surface area contributed by atoms with Crippen LogP contribution < -0.4 is 9.64 Å². The summed E-state index contributed by atoms with van der Waals surface area (Å²) in [5.74, 6) is -0.707. The van der Waals surface area contributed by atoms with Gasteiger partial charge in [0.1, 0.15) is 17.6 Å². The van der Waals surface area contributed by atoms with Gasteiger partial charge in [-0.15, -0.1) is 0 Å². The number of benzene rings is 2. The minimum Gasteiger partial charge on any atom is -0.507 e. The first-order chi connectivity index (χ1) is 16.3. The number of nitrogens with zero attached hydrogens (tertiary/aromatic N) is 2. The molecule has 0 spiro atoms. The molecule has 1 atom stereocenters. The molecule has 174 valence electrons. The summed E-state index contributed by atoms with van der Waals surface area (Å²) >= 11 is 0. The maximum absolute atomic E-state index is 13.2. The Labute approximate surface area is 199 Å². The SMILES string of the molecule is CC(C)Oc1ccc(/C(O)=C2/C(=O)C(=O)N(c3ccc(C(C)C)cc3)C2c2ccccn2)cc1. The normalized spacial score (nSPS) is 17.6. The summed E-state index contributed by atoms with van der Waals surface area (Å²) in [6.07, 6.45) is 1.62. The summed E-state index contributed by atoms with van der Waals surface area (Å²) in [4.78, 5) is 32.3. The maximum Gasteiger partial charge on any atom is 0.300 e. The van der Waals surface area contributed by atoms with Crippen molar-refractivity contribution >= 4 is 23.1 Å². The molecule has 1 fully saturated rings. The summed E-state index contributed by atoms with van der Waals surface area (Å²) in [5, 5.41) is 11.2. The van der Waals surface area contributed by atoms with Crippen LogP contribution in [0.2, 0.25) is 0 Å². The van der Waals surface area contributed by atoms with Gasteiger partial charge in [-0.2, -0.15) is 0 Å². The lowest BCUT2D eigenvalue weighted by Gasteiger charge is -2.25. The zero-order chi connectivity index (χ0) is 24.4. The van der Waals surface area contributed by atoms with Crippen LogP contribution in [0.15, 0.2) is 78.5 Å². The molecule has 1 aromatic heterocycles. The predicted molar refractivity (Wildman–Crippen MR) is 132 cm³/mol. The minimum absolute atomic E-state index is 0.00849. The number of rotatable bonds is 6. The highest BCUT2D eigenvalue weighted by Gasteiger charge is 2.47. The number of Topliss-reactive ketones (excluding diaryl/α,β-unsaturated/α-hetero) is 1. The average Bonchev–Trinajstić information content (AvgIpc) is 3.10. The van der Waals surface area contributed by atoms with Gasteiger partial charge in [0.2, 0.25) is 0 Å². The number of pyridine rings is 1. The largest absolute Gasteiger partial charge is 0.507 e. The molecule has 3 aromatic rings. The van der Waals surface area contributed by atoms with Crippen molar-refractivity contribution in [2.75, 3.05) is 4.90 Å². The highest BCUT2D eigenvalue weighted by molar-refractivity contribution is 6.51. The molecule has 34 heavy (non-hydrogen) atoms. The summed E-state index contributed by atoms with van der Waals surface area (Å²) in [7, 11) is 0. The van der Waals surface area contributed by atoms with Gasteiger partial charge in [-0.25, -0.2) is 0 Å². The van der Waals surface area contributed by atoms with Gasteiger partial charge in [0.05, 0.1) is 17.4 Å². The van der Waals surface area contributed by atoms with E-state index in [1.165, 1.54) is 4.90 Å². The molecule has 4 rings (SSSR count). The van der Waals surface area contributed by atoms with Crippen molar-refractivity contribution in [3.63, 3.8) is 0 Å². The van der Waals surface area contributed by atoms with Gasteiger partial charge in [0, 0.05) is 17.4 Å². The molecule has 0 radical (unpaired) electrons. The van der Waals surface area contributed by atoms with Crippen molar-refractivity contribution in [1.29, 1.82) is 0 Å². The first-order valence-corrected chi connectivity index (χ1v) is 11.4. The molecule has 1 aliphatic heterocycles. The van der Waals surface area contributed by atoms with Gasteiger partial charge >= 0.3 is 0 Å². The number of hydrogen-bond donors (Lipinski definition) is 1. The van der Waals surface area contributed by atoms with E-state index in [1.54, 1.807) is 48.7 Å². The Kier molecular flexibility index (Phi) is 6.50. The Balaban J connectivity index is 1.82. The average molecular weight is 457 g/mol. The van der Waals surface area contributed by atoms with Crippen LogP contribution in [0.1, 0.15) is 56.5 Å². The van der Waals surface area contributed by atoms with Crippen LogP contribution >= 0.6 is 0 Å². The van der Waals surface area contributed by atoms with Gasteiger partial charge < -0.3 is 9.84 Å². The van der Waals surface area contributed by atoms with E-state index < -0.39 is 17.7 Å². The lowest BCUT2D eigenvalue weighted by molar-refractivity contribution is -0.132. The highest BCUT2D eigenvalue weighted by Crippen LogP contribution is 2.41. The maximum atomic E-state index is 13.2. The summed E-state index contributed by atoms with van der Waals surface area (Å²) in [6.45, 7) is 8.03. The Hall–Kier alpha value is -3.93. The van der Waals surface area contributed by atoms with Gasteiger partial charge in [-0.05, 0) is 73.9 Å². The fraction of sp³-hybridized carbons (Fsp3) is 0.250. The number of ketones is 1. The van der Waals surface area contributed by atoms with Crippen LogP contribution in [0.25, 0.3) is 5.76 Å². The molecule has 0 saturated carbocycles. The van der Waals surface area contributed by atoms with E-state index in [0.29, 0.717) is 28.6 Å². The van der Waals surface area contributed by atoms with Crippen LogP contribution in [0, 0.1) is 0 Å². The second-order valence-corrected chi connectivity index (χ2v) is 8.86. The van der Waals surface area contributed by atoms with E-state index >= 15 is 0 Å². The number of carbonyl (C=O) groups excluding carboxylic acids is 2. The first-order valence-electron chi connectivity index (χ1n) is 11.4. The third kappa shape index (κ3) is 4.44. The number of amides is 1. The molecule has 1 N–H and O–H groups in total. The third-order valence-electron chi connectivity index (χ3n) is 5.75. The molecule has 2 aromatic carbocycles. The van der Waals surface area contributed by atoms with Crippen LogP contribution in [0.3, 0.4) is 0 Å². The van der Waals surface area contributed by atoms with Crippen molar-refractivity contribution in [2.45, 2.75) is 45.8 Å². The van der Waals surface area contributed by atoms with Crippen molar-refractivity contribution in [3.05, 3.63) is 95.3 Å². The summed E-state index contributed by atoms with van der Waals surface area (Å²) < 4.78 is 5.67. The van der Waals surface area contributed by atoms with Crippen molar-refractivity contribution in [1.82, 2.24) is 4.98 Å². The standard InChI is InChI=1S/C28H28N2O4/c1-17(2)19-8-12-21(13-9-19)30-25(23-7-5-6-16-29-23)24(27(32)28(30)33)26(31)20-10-14-22(15-11-20)34-18(3)4/h5-18,25,31H,1-4H3/b26-24-. The zero-order valence-electron chi connectivity index (χ0n) is 19.7. The monoisotopic (exact) mass is 456 g/mol. The van der Waals surface area contributed by atoms with Crippen molar-refractivity contribution in [2.24, 2.45) is 0 Å². The summed E-state index contributed by atoms with van der Waals surface area (Å²) in [6, 6.07) is 18.8. The fourth-order valence-corrected chi connectivity index (χ4v) is 4.06. The lowest BCUT2D eigenvalue weighted by Crippen LogP contribution is -2.29. The highest BCUT2D eigenvalue weighted by atomic mass is 16.5. The molecule has 1 saturated heterocycles. The van der Waals surface area contributed by atoms with E-state index in [0.717, 1.165) is 5.56 Å². The van der Waals surface area contributed by atoms with E-state index in [-0.39, 0.29) is 17.4 Å². The number of hydrogen-bond acceptors (Lipinski definition) is 5. The van der Waals surface area contributed by atoms with Gasteiger partial charge in [-0.3, -0.25) is 19.5 Å².